The van der Waals surface area contributed by atoms with Crippen LogP contribution in [0, 0.1) is 13.8 Å². The molecule has 3 rings (SSSR count). The van der Waals surface area contributed by atoms with Crippen LogP contribution in [0.5, 0.6) is 0 Å². The van der Waals surface area contributed by atoms with Crippen LogP contribution in [-0.4, -0.2) is 26.0 Å². The zero-order valence-corrected chi connectivity index (χ0v) is 13.0. The first-order valence-electron chi connectivity index (χ1n) is 5.63. The lowest BCUT2D eigenvalue weighted by Crippen LogP contribution is -1.94. The van der Waals surface area contributed by atoms with Gasteiger partial charge in [0.25, 0.3) is 0 Å². The van der Waals surface area contributed by atoms with Gasteiger partial charge in [-0.2, -0.15) is 0 Å². The Balaban J connectivity index is 2.01. The van der Waals surface area contributed by atoms with Gasteiger partial charge < -0.3 is 5.11 Å². The summed E-state index contributed by atoms with van der Waals surface area (Å²) in [6.07, 6.45) is 1.53. The molecule has 5 nitrogen and oxygen atoms in total. The fourth-order valence-electron chi connectivity index (χ4n) is 1.72. The molecule has 3 heterocycles. The molecule has 0 aliphatic rings. The normalized spacial score (nSPS) is 11.1. The maximum atomic E-state index is 11.0. The molecule has 0 saturated heterocycles. The summed E-state index contributed by atoms with van der Waals surface area (Å²) in [7, 11) is 0. The largest absolute Gasteiger partial charge is 0.477 e. The second-order valence-corrected chi connectivity index (χ2v) is 7.19. The second-order valence-electron chi connectivity index (χ2n) is 4.08. The number of hydrogen-bond donors (Lipinski definition) is 1. The second kappa shape index (κ2) is 5.12. The van der Waals surface area contributed by atoms with E-state index in [4.69, 9.17) is 5.11 Å². The Bertz CT molecular complexity index is 809. The van der Waals surface area contributed by atoms with Gasteiger partial charge in [-0.05, 0) is 36.6 Å². The molecule has 8 heteroatoms. The number of rotatable bonds is 3. The molecular weight excluding hydrogens is 314 g/mol. The number of aromatic carboxylic acids is 1. The van der Waals surface area contributed by atoms with Gasteiger partial charge >= 0.3 is 5.97 Å². The Morgan fingerprint density at radius 2 is 2.15 bits per heavy atom. The van der Waals surface area contributed by atoms with E-state index < -0.39 is 5.97 Å². The van der Waals surface area contributed by atoms with Crippen LogP contribution in [-0.2, 0) is 0 Å². The number of carbonyl (C=O) groups is 1. The predicted octanol–water partition coefficient (Wildman–Crippen LogP) is 3.61. The summed E-state index contributed by atoms with van der Waals surface area (Å²) >= 11 is 4.15. The molecule has 0 unspecified atom stereocenters. The zero-order valence-electron chi connectivity index (χ0n) is 10.6. The molecule has 0 aromatic carbocycles. The highest BCUT2D eigenvalue weighted by Crippen LogP contribution is 2.37. The summed E-state index contributed by atoms with van der Waals surface area (Å²) in [4.78, 5) is 24.2. The lowest BCUT2D eigenvalue weighted by molar-refractivity contribution is 0.0701. The van der Waals surface area contributed by atoms with Crippen molar-refractivity contribution >= 4 is 50.6 Å². The van der Waals surface area contributed by atoms with E-state index in [1.54, 1.807) is 18.3 Å². The van der Waals surface area contributed by atoms with Crippen LogP contribution < -0.4 is 0 Å². The van der Waals surface area contributed by atoms with Crippen LogP contribution in [0.3, 0.4) is 0 Å². The Morgan fingerprint density at radius 1 is 1.35 bits per heavy atom. The quantitative estimate of drug-likeness (QED) is 0.742. The van der Waals surface area contributed by atoms with Crippen LogP contribution in [0.15, 0.2) is 21.1 Å². The Hall–Kier alpha value is -1.51. The third-order valence-corrected chi connectivity index (χ3v) is 6.09. The summed E-state index contributed by atoms with van der Waals surface area (Å²) in [6.45, 7) is 3.71. The summed E-state index contributed by atoms with van der Waals surface area (Å²) in [5, 5.41) is 11.9. The van der Waals surface area contributed by atoms with Crippen molar-refractivity contribution in [2.24, 2.45) is 0 Å². The van der Waals surface area contributed by atoms with E-state index in [-0.39, 0.29) is 4.88 Å². The van der Waals surface area contributed by atoms with Crippen LogP contribution >= 0.6 is 34.4 Å². The van der Waals surface area contributed by atoms with Gasteiger partial charge in [0, 0.05) is 0 Å². The first-order chi connectivity index (χ1) is 9.56. The number of thiophene rings is 1. The van der Waals surface area contributed by atoms with Gasteiger partial charge in [0.2, 0.25) is 0 Å². The van der Waals surface area contributed by atoms with Crippen molar-refractivity contribution in [1.82, 2.24) is 15.0 Å². The SMILES string of the molecule is Cc1nc(Sc2ncnc3c(C)csc23)sc1C(=O)O. The molecule has 20 heavy (non-hydrogen) atoms. The number of aryl methyl sites for hydroxylation is 2. The van der Waals surface area contributed by atoms with Crippen molar-refractivity contribution < 1.29 is 9.90 Å². The number of carboxylic acids is 1. The lowest BCUT2D eigenvalue weighted by atomic mass is 10.3. The maximum absolute atomic E-state index is 11.0. The maximum Gasteiger partial charge on any atom is 0.347 e. The predicted molar refractivity (Wildman–Crippen MR) is 80.1 cm³/mol. The molecule has 1 N–H and O–H groups in total. The van der Waals surface area contributed by atoms with Gasteiger partial charge in [0.1, 0.15) is 16.2 Å². The Morgan fingerprint density at radius 3 is 2.85 bits per heavy atom. The fraction of sp³-hybridized carbons (Fsp3) is 0.167. The van der Waals surface area contributed by atoms with E-state index in [0.717, 1.165) is 20.8 Å². The van der Waals surface area contributed by atoms with Gasteiger partial charge in [-0.15, -0.1) is 11.3 Å². The van der Waals surface area contributed by atoms with E-state index >= 15 is 0 Å². The molecular formula is C12H9N3O2S3. The average Bonchev–Trinajstić information content (AvgIpc) is 2.95. The number of hydrogen-bond acceptors (Lipinski definition) is 7. The zero-order chi connectivity index (χ0) is 14.3. The van der Waals surface area contributed by atoms with Gasteiger partial charge in [0.05, 0.1) is 15.9 Å². The molecule has 0 saturated carbocycles. The summed E-state index contributed by atoms with van der Waals surface area (Å²) < 4.78 is 1.70. The van der Waals surface area contributed by atoms with Crippen molar-refractivity contribution in [3.8, 4) is 0 Å². The highest BCUT2D eigenvalue weighted by molar-refractivity contribution is 8.01. The standard InChI is InChI=1S/C12H9N3O2S3/c1-5-3-18-9-7(5)13-4-14-10(9)20-12-15-6(2)8(19-12)11(16)17/h3-4H,1-2H3,(H,16,17). The van der Waals surface area contributed by atoms with Gasteiger partial charge in [0.15, 0.2) is 4.34 Å². The third kappa shape index (κ3) is 2.30. The van der Waals surface area contributed by atoms with Crippen molar-refractivity contribution in [2.45, 2.75) is 23.2 Å². The molecule has 0 amide bonds. The smallest absolute Gasteiger partial charge is 0.347 e. The molecule has 0 spiro atoms. The summed E-state index contributed by atoms with van der Waals surface area (Å²) in [5.41, 5.74) is 2.60. The monoisotopic (exact) mass is 323 g/mol. The van der Waals surface area contributed by atoms with E-state index in [2.05, 4.69) is 15.0 Å². The van der Waals surface area contributed by atoms with E-state index in [1.165, 1.54) is 29.4 Å². The summed E-state index contributed by atoms with van der Waals surface area (Å²) in [6, 6.07) is 0. The van der Waals surface area contributed by atoms with Crippen LogP contribution in [0.25, 0.3) is 10.2 Å². The van der Waals surface area contributed by atoms with Crippen molar-refractivity contribution in [3.05, 3.63) is 27.8 Å². The van der Waals surface area contributed by atoms with Gasteiger partial charge in [-0.1, -0.05) is 11.3 Å². The molecule has 0 aliphatic heterocycles. The molecule has 0 aliphatic carbocycles. The molecule has 3 aromatic rings. The number of fused-ring (bicyclic) bond motifs is 1. The first-order valence-corrected chi connectivity index (χ1v) is 8.15. The van der Waals surface area contributed by atoms with E-state index in [9.17, 15) is 4.79 Å². The Kier molecular flexibility index (Phi) is 3.45. The van der Waals surface area contributed by atoms with Crippen molar-refractivity contribution in [3.63, 3.8) is 0 Å². The molecule has 102 valence electrons. The molecule has 0 bridgehead atoms. The van der Waals surface area contributed by atoms with Crippen LogP contribution in [0.2, 0.25) is 0 Å². The highest BCUT2D eigenvalue weighted by Gasteiger charge is 2.17. The number of aromatic nitrogens is 3. The molecule has 3 aromatic heterocycles. The van der Waals surface area contributed by atoms with E-state index in [1.807, 2.05) is 12.3 Å². The minimum absolute atomic E-state index is 0.278. The fourth-order valence-corrected chi connectivity index (χ4v) is 4.80. The molecule has 0 fully saturated rings. The van der Waals surface area contributed by atoms with Crippen molar-refractivity contribution in [1.29, 1.82) is 0 Å². The first kappa shape index (κ1) is 13.5. The number of thiazole rings is 1. The Labute approximate surface area is 126 Å². The topological polar surface area (TPSA) is 76.0 Å². The molecule has 0 radical (unpaired) electrons. The third-order valence-electron chi connectivity index (χ3n) is 2.65. The average molecular weight is 323 g/mol. The van der Waals surface area contributed by atoms with Gasteiger partial charge in [-0.25, -0.2) is 19.7 Å². The number of nitrogens with zero attached hydrogens (tertiary/aromatic N) is 3. The van der Waals surface area contributed by atoms with Gasteiger partial charge in [-0.3, -0.25) is 0 Å². The minimum Gasteiger partial charge on any atom is -0.477 e. The lowest BCUT2D eigenvalue weighted by Gasteiger charge is -1.98. The highest BCUT2D eigenvalue weighted by atomic mass is 32.2. The van der Waals surface area contributed by atoms with E-state index in [0.29, 0.717) is 10.0 Å². The number of carboxylic acid groups (broad SMARTS) is 1. The van der Waals surface area contributed by atoms with Crippen molar-refractivity contribution in [2.75, 3.05) is 0 Å². The van der Waals surface area contributed by atoms with Crippen LogP contribution in [0.4, 0.5) is 0 Å². The molecule has 0 atom stereocenters. The minimum atomic E-state index is -0.938. The van der Waals surface area contributed by atoms with Crippen LogP contribution in [0.1, 0.15) is 20.9 Å². The summed E-state index contributed by atoms with van der Waals surface area (Å²) in [5.74, 6) is -0.938.